The summed E-state index contributed by atoms with van der Waals surface area (Å²) < 4.78 is 5.05. The summed E-state index contributed by atoms with van der Waals surface area (Å²) >= 11 is 0. The number of carboxylic acid groups (broad SMARTS) is 1. The molecule has 1 aromatic rings. The Morgan fingerprint density at radius 2 is 2.05 bits per heavy atom. The van der Waals surface area contributed by atoms with Gasteiger partial charge in [-0.3, -0.25) is 9.69 Å². The Kier molecular flexibility index (Phi) is 4.78. The molecule has 0 saturated carbocycles. The highest BCUT2D eigenvalue weighted by atomic mass is 16.5. The second kappa shape index (κ2) is 5.93. The quantitative estimate of drug-likeness (QED) is 0.826. The van der Waals surface area contributed by atoms with Crippen LogP contribution in [0.1, 0.15) is 26.3 Å². The van der Waals surface area contributed by atoms with Gasteiger partial charge in [-0.15, -0.1) is 0 Å². The number of aliphatic carboxylic acids is 1. The molecule has 1 aromatic carbocycles. The fourth-order valence-electron chi connectivity index (χ4n) is 1.91. The number of carbonyl (C=O) groups is 1. The molecule has 106 valence electrons. The van der Waals surface area contributed by atoms with Gasteiger partial charge in [0.1, 0.15) is 5.54 Å². The number of nitrogens with zero attached hydrogens (tertiary/aromatic N) is 1. The van der Waals surface area contributed by atoms with Crippen LogP contribution in [0, 0.1) is 0 Å². The van der Waals surface area contributed by atoms with E-state index in [1.165, 1.54) is 7.11 Å². The summed E-state index contributed by atoms with van der Waals surface area (Å²) in [5.41, 5.74) is -0.347. The van der Waals surface area contributed by atoms with E-state index in [4.69, 9.17) is 4.74 Å². The van der Waals surface area contributed by atoms with E-state index < -0.39 is 11.5 Å². The molecule has 2 N–H and O–H groups in total. The Morgan fingerprint density at radius 3 is 2.53 bits per heavy atom. The number of hydrogen-bond donors (Lipinski definition) is 2. The zero-order chi connectivity index (χ0) is 14.6. The molecule has 0 amide bonds. The van der Waals surface area contributed by atoms with Crippen molar-refractivity contribution in [3.63, 3.8) is 0 Å². The lowest BCUT2D eigenvalue weighted by molar-refractivity contribution is -0.149. The largest absolute Gasteiger partial charge is 0.504 e. The molecule has 0 saturated heterocycles. The maximum atomic E-state index is 11.3. The lowest BCUT2D eigenvalue weighted by atomic mass is 10.0. The smallest absolute Gasteiger partial charge is 0.323 e. The average molecular weight is 267 g/mol. The van der Waals surface area contributed by atoms with E-state index in [1.54, 1.807) is 36.9 Å². The van der Waals surface area contributed by atoms with E-state index in [-0.39, 0.29) is 5.75 Å². The topological polar surface area (TPSA) is 70.0 Å². The van der Waals surface area contributed by atoms with Crippen LogP contribution in [0.5, 0.6) is 11.5 Å². The van der Waals surface area contributed by atoms with Crippen molar-refractivity contribution in [3.8, 4) is 11.5 Å². The number of ether oxygens (including phenoxy) is 1. The molecular weight excluding hydrogens is 246 g/mol. The maximum Gasteiger partial charge on any atom is 0.323 e. The minimum absolute atomic E-state index is 0.0599. The Bertz CT molecular complexity index is 457. The Morgan fingerprint density at radius 1 is 1.42 bits per heavy atom. The first-order chi connectivity index (χ1) is 8.84. The predicted octanol–water partition coefficient (Wildman–Crippen LogP) is 2.09. The monoisotopic (exact) mass is 267 g/mol. The second-order valence-corrected chi connectivity index (χ2v) is 4.85. The zero-order valence-corrected chi connectivity index (χ0v) is 11.8. The van der Waals surface area contributed by atoms with Gasteiger partial charge in [-0.25, -0.2) is 0 Å². The molecule has 19 heavy (non-hydrogen) atoms. The number of aromatic hydroxyl groups is 1. The number of phenols is 1. The Balaban J connectivity index is 3.03. The average Bonchev–Trinajstić information content (AvgIpc) is 2.37. The molecule has 5 heteroatoms. The zero-order valence-electron chi connectivity index (χ0n) is 11.8. The van der Waals surface area contributed by atoms with Gasteiger partial charge in [0.2, 0.25) is 0 Å². The highest BCUT2D eigenvalue weighted by Crippen LogP contribution is 2.31. The summed E-state index contributed by atoms with van der Waals surface area (Å²) in [7, 11) is 1.48. The summed E-state index contributed by atoms with van der Waals surface area (Å²) in [4.78, 5) is 13.1. The molecule has 0 atom stereocenters. The Labute approximate surface area is 113 Å². The number of rotatable bonds is 6. The molecule has 0 spiro atoms. The number of likely N-dealkylation sites (N-methyl/N-ethyl adjacent to an activating group) is 1. The van der Waals surface area contributed by atoms with Gasteiger partial charge in [-0.1, -0.05) is 19.1 Å². The number of carboxylic acids is 1. The highest BCUT2D eigenvalue weighted by molar-refractivity contribution is 5.77. The van der Waals surface area contributed by atoms with Crippen molar-refractivity contribution in [2.24, 2.45) is 0 Å². The van der Waals surface area contributed by atoms with Gasteiger partial charge in [0, 0.05) is 12.1 Å². The molecule has 0 aliphatic heterocycles. The van der Waals surface area contributed by atoms with Crippen LogP contribution in [-0.2, 0) is 11.3 Å². The molecule has 1 rings (SSSR count). The number of hydrogen-bond acceptors (Lipinski definition) is 4. The lowest BCUT2D eigenvalue weighted by Crippen LogP contribution is -2.49. The number of benzene rings is 1. The second-order valence-electron chi connectivity index (χ2n) is 4.85. The van der Waals surface area contributed by atoms with E-state index in [1.807, 2.05) is 6.92 Å². The minimum atomic E-state index is -0.996. The normalized spacial score (nSPS) is 11.6. The third-order valence-electron chi connectivity index (χ3n) is 3.36. The van der Waals surface area contributed by atoms with Crippen molar-refractivity contribution in [1.82, 2.24) is 4.90 Å². The van der Waals surface area contributed by atoms with Gasteiger partial charge in [0.15, 0.2) is 11.5 Å². The summed E-state index contributed by atoms with van der Waals surface area (Å²) in [6.07, 6.45) is 0. The first kappa shape index (κ1) is 15.3. The van der Waals surface area contributed by atoms with Crippen molar-refractivity contribution >= 4 is 5.97 Å². The van der Waals surface area contributed by atoms with E-state index in [2.05, 4.69) is 0 Å². The lowest BCUT2D eigenvalue weighted by Gasteiger charge is -2.34. The van der Waals surface area contributed by atoms with Gasteiger partial charge in [0.25, 0.3) is 0 Å². The van der Waals surface area contributed by atoms with Crippen LogP contribution in [0.15, 0.2) is 18.2 Å². The predicted molar refractivity (Wildman–Crippen MR) is 72.5 cm³/mol. The van der Waals surface area contributed by atoms with Gasteiger partial charge in [-0.2, -0.15) is 0 Å². The highest BCUT2D eigenvalue weighted by Gasteiger charge is 2.34. The molecule has 0 fully saturated rings. The van der Waals surface area contributed by atoms with Crippen molar-refractivity contribution < 1.29 is 19.7 Å². The summed E-state index contributed by atoms with van der Waals surface area (Å²) in [6, 6.07) is 5.20. The number of methoxy groups -OCH3 is 1. The third kappa shape index (κ3) is 3.17. The molecule has 0 bridgehead atoms. The minimum Gasteiger partial charge on any atom is -0.504 e. The van der Waals surface area contributed by atoms with Gasteiger partial charge in [0.05, 0.1) is 7.11 Å². The Hall–Kier alpha value is -1.75. The van der Waals surface area contributed by atoms with E-state index in [9.17, 15) is 15.0 Å². The standard InChI is InChI=1S/C14H21NO4/c1-5-15(14(2,3)13(17)18)9-10-7-6-8-11(19-4)12(10)16/h6-8,16H,5,9H2,1-4H3,(H,17,18). The molecule has 0 aliphatic rings. The first-order valence-electron chi connectivity index (χ1n) is 6.17. The summed E-state index contributed by atoms with van der Waals surface area (Å²) in [6.45, 7) is 6.10. The number of para-hydroxylation sites is 1. The SMILES string of the molecule is CCN(Cc1cccc(OC)c1O)C(C)(C)C(=O)O. The van der Waals surface area contributed by atoms with E-state index in [0.29, 0.717) is 24.4 Å². The third-order valence-corrected chi connectivity index (χ3v) is 3.36. The van der Waals surface area contributed by atoms with Gasteiger partial charge in [-0.05, 0) is 26.5 Å². The van der Waals surface area contributed by atoms with E-state index >= 15 is 0 Å². The van der Waals surface area contributed by atoms with Crippen LogP contribution < -0.4 is 4.74 Å². The molecule has 5 nitrogen and oxygen atoms in total. The van der Waals surface area contributed by atoms with Gasteiger partial charge >= 0.3 is 5.97 Å². The van der Waals surface area contributed by atoms with Crippen LogP contribution in [0.4, 0.5) is 0 Å². The van der Waals surface area contributed by atoms with Crippen molar-refractivity contribution in [1.29, 1.82) is 0 Å². The van der Waals surface area contributed by atoms with E-state index in [0.717, 1.165) is 0 Å². The van der Waals surface area contributed by atoms with Crippen molar-refractivity contribution in [3.05, 3.63) is 23.8 Å². The fraction of sp³-hybridized carbons (Fsp3) is 0.500. The first-order valence-corrected chi connectivity index (χ1v) is 6.17. The van der Waals surface area contributed by atoms with Crippen molar-refractivity contribution in [2.45, 2.75) is 32.9 Å². The summed E-state index contributed by atoms with van der Waals surface area (Å²) in [5, 5.41) is 19.3. The molecular formula is C14H21NO4. The van der Waals surface area contributed by atoms with Crippen LogP contribution in [0.3, 0.4) is 0 Å². The molecule has 0 unspecified atom stereocenters. The van der Waals surface area contributed by atoms with Crippen LogP contribution in [-0.4, -0.2) is 40.3 Å². The van der Waals surface area contributed by atoms with Crippen LogP contribution >= 0.6 is 0 Å². The summed E-state index contributed by atoms with van der Waals surface area (Å²) in [5.74, 6) is -0.442. The van der Waals surface area contributed by atoms with Gasteiger partial charge < -0.3 is 14.9 Å². The van der Waals surface area contributed by atoms with Crippen LogP contribution in [0.25, 0.3) is 0 Å². The number of phenolic OH excluding ortho intramolecular Hbond substituents is 1. The molecule has 0 radical (unpaired) electrons. The van der Waals surface area contributed by atoms with Crippen molar-refractivity contribution in [2.75, 3.05) is 13.7 Å². The molecule has 0 aliphatic carbocycles. The fourth-order valence-corrected chi connectivity index (χ4v) is 1.91. The maximum absolute atomic E-state index is 11.3. The molecule has 0 aromatic heterocycles. The molecule has 0 heterocycles. The van der Waals surface area contributed by atoms with Crippen LogP contribution in [0.2, 0.25) is 0 Å².